The Balaban J connectivity index is 2.62. The Morgan fingerprint density at radius 2 is 2.14 bits per heavy atom. The summed E-state index contributed by atoms with van der Waals surface area (Å²) in [5.74, 6) is 1.40. The van der Waals surface area contributed by atoms with Crippen molar-refractivity contribution in [3.05, 3.63) is 12.7 Å². The van der Waals surface area contributed by atoms with Gasteiger partial charge in [-0.05, 0) is 30.6 Å². The molecule has 0 amide bonds. The third-order valence-corrected chi connectivity index (χ3v) is 3.44. The molecule has 0 aromatic heterocycles. The van der Waals surface area contributed by atoms with E-state index in [1.165, 1.54) is 0 Å². The zero-order chi connectivity index (χ0) is 10.8. The maximum Gasteiger partial charge on any atom is 0.136 e. The maximum atomic E-state index is 11.6. The van der Waals surface area contributed by atoms with Crippen LogP contribution in [0.15, 0.2) is 12.7 Å². The van der Waals surface area contributed by atoms with E-state index in [1.807, 2.05) is 6.08 Å². The molecule has 0 aromatic rings. The molecule has 1 saturated carbocycles. The number of hydrogen-bond acceptors (Lipinski definition) is 1. The van der Waals surface area contributed by atoms with Gasteiger partial charge in [0.15, 0.2) is 0 Å². The lowest BCUT2D eigenvalue weighted by Crippen LogP contribution is -2.31. The molecule has 2 atom stereocenters. The third kappa shape index (κ3) is 2.70. The van der Waals surface area contributed by atoms with Crippen molar-refractivity contribution in [2.75, 3.05) is 0 Å². The summed E-state index contributed by atoms with van der Waals surface area (Å²) in [6.45, 7) is 10.6. The molecule has 1 aliphatic rings. The van der Waals surface area contributed by atoms with Crippen molar-refractivity contribution in [2.24, 2.45) is 17.3 Å². The van der Waals surface area contributed by atoms with Gasteiger partial charge in [0.1, 0.15) is 5.78 Å². The van der Waals surface area contributed by atoms with Crippen LogP contribution in [0.4, 0.5) is 0 Å². The molecule has 0 radical (unpaired) electrons. The molecule has 1 nitrogen and oxygen atoms in total. The quantitative estimate of drug-likeness (QED) is 0.614. The van der Waals surface area contributed by atoms with Gasteiger partial charge in [-0.2, -0.15) is 0 Å². The van der Waals surface area contributed by atoms with Crippen molar-refractivity contribution in [3.63, 3.8) is 0 Å². The minimum Gasteiger partial charge on any atom is -0.299 e. The van der Waals surface area contributed by atoms with Crippen LogP contribution in [0.2, 0.25) is 0 Å². The first-order valence-corrected chi connectivity index (χ1v) is 5.58. The summed E-state index contributed by atoms with van der Waals surface area (Å²) in [6.07, 6.45) is 5.67. The minimum atomic E-state index is 0.255. The lowest BCUT2D eigenvalue weighted by molar-refractivity contribution is -0.126. The molecule has 1 fully saturated rings. The molecule has 1 heteroatoms. The van der Waals surface area contributed by atoms with E-state index in [2.05, 4.69) is 27.4 Å². The fourth-order valence-corrected chi connectivity index (χ4v) is 2.33. The predicted molar refractivity (Wildman–Crippen MR) is 60.1 cm³/mol. The van der Waals surface area contributed by atoms with Crippen LogP contribution in [0, 0.1) is 17.3 Å². The Morgan fingerprint density at radius 3 is 2.64 bits per heavy atom. The Bertz CT molecular complexity index is 222. The number of Topliss-reactive ketones (excluding diaryl/α,β-unsaturated/α-hetero) is 1. The first kappa shape index (κ1) is 11.5. The second-order valence-electron chi connectivity index (χ2n) is 5.52. The summed E-state index contributed by atoms with van der Waals surface area (Å²) in [4.78, 5) is 11.6. The first-order valence-electron chi connectivity index (χ1n) is 5.58. The van der Waals surface area contributed by atoms with Gasteiger partial charge in [-0.1, -0.05) is 26.8 Å². The first-order chi connectivity index (χ1) is 6.45. The van der Waals surface area contributed by atoms with Crippen molar-refractivity contribution in [3.8, 4) is 0 Å². The average molecular weight is 194 g/mol. The standard InChI is InChI=1S/C13H22O/c1-5-6-10-9-11(13(2,3)4)7-8-12(10)14/h5,10-11H,1,6-9H2,2-4H3/t10-,11-/m1/s1. The van der Waals surface area contributed by atoms with Crippen LogP contribution in [0.1, 0.15) is 46.5 Å². The number of hydrogen-bond donors (Lipinski definition) is 0. The Labute approximate surface area is 87.6 Å². The summed E-state index contributed by atoms with van der Waals surface area (Å²) in [5, 5.41) is 0. The van der Waals surface area contributed by atoms with Gasteiger partial charge < -0.3 is 0 Å². The molecule has 0 unspecified atom stereocenters. The number of carbonyl (C=O) groups excluding carboxylic acids is 1. The van der Waals surface area contributed by atoms with Crippen LogP contribution in [-0.2, 0) is 4.79 Å². The molecule has 0 aliphatic heterocycles. The Kier molecular flexibility index (Phi) is 3.52. The van der Waals surface area contributed by atoms with Gasteiger partial charge in [0.05, 0.1) is 0 Å². The highest BCUT2D eigenvalue weighted by Gasteiger charge is 2.33. The third-order valence-electron chi connectivity index (χ3n) is 3.44. The molecular weight excluding hydrogens is 172 g/mol. The summed E-state index contributed by atoms with van der Waals surface area (Å²) in [5.41, 5.74) is 0.347. The number of allylic oxidation sites excluding steroid dienone is 1. The van der Waals surface area contributed by atoms with Crippen molar-refractivity contribution >= 4 is 5.78 Å². The van der Waals surface area contributed by atoms with Gasteiger partial charge in [0.25, 0.3) is 0 Å². The van der Waals surface area contributed by atoms with Crippen LogP contribution >= 0.6 is 0 Å². The second kappa shape index (κ2) is 4.29. The highest BCUT2D eigenvalue weighted by Crippen LogP contribution is 2.39. The minimum absolute atomic E-state index is 0.255. The van der Waals surface area contributed by atoms with E-state index in [-0.39, 0.29) is 5.92 Å². The summed E-state index contributed by atoms with van der Waals surface area (Å²) < 4.78 is 0. The van der Waals surface area contributed by atoms with E-state index in [0.29, 0.717) is 17.1 Å². The van der Waals surface area contributed by atoms with E-state index >= 15 is 0 Å². The molecule has 1 aliphatic carbocycles. The fraction of sp³-hybridized carbons (Fsp3) is 0.769. The lowest BCUT2D eigenvalue weighted by Gasteiger charge is -2.36. The van der Waals surface area contributed by atoms with Crippen LogP contribution in [-0.4, -0.2) is 5.78 Å². The number of carbonyl (C=O) groups is 1. The SMILES string of the molecule is C=CC[C@@H]1C[C@H](C(C)(C)C)CCC1=O. The zero-order valence-electron chi connectivity index (χ0n) is 9.68. The van der Waals surface area contributed by atoms with Gasteiger partial charge >= 0.3 is 0 Å². The average Bonchev–Trinajstić information content (AvgIpc) is 2.07. The summed E-state index contributed by atoms with van der Waals surface area (Å²) in [7, 11) is 0. The van der Waals surface area contributed by atoms with Crippen molar-refractivity contribution in [1.82, 2.24) is 0 Å². The molecule has 0 heterocycles. The molecule has 0 bridgehead atoms. The molecule has 0 saturated heterocycles. The zero-order valence-corrected chi connectivity index (χ0v) is 9.68. The number of rotatable bonds is 2. The molecule has 0 spiro atoms. The topological polar surface area (TPSA) is 17.1 Å². The molecule has 0 N–H and O–H groups in total. The highest BCUT2D eigenvalue weighted by molar-refractivity contribution is 5.81. The summed E-state index contributed by atoms with van der Waals surface area (Å²) >= 11 is 0. The Hall–Kier alpha value is -0.590. The van der Waals surface area contributed by atoms with Crippen LogP contribution < -0.4 is 0 Å². The van der Waals surface area contributed by atoms with Gasteiger partial charge in [-0.15, -0.1) is 6.58 Å². The van der Waals surface area contributed by atoms with Gasteiger partial charge in [-0.3, -0.25) is 4.79 Å². The van der Waals surface area contributed by atoms with E-state index in [4.69, 9.17) is 0 Å². The largest absolute Gasteiger partial charge is 0.299 e. The fourth-order valence-electron chi connectivity index (χ4n) is 2.33. The van der Waals surface area contributed by atoms with Gasteiger partial charge in [0.2, 0.25) is 0 Å². The molecule has 80 valence electrons. The van der Waals surface area contributed by atoms with E-state index in [9.17, 15) is 4.79 Å². The van der Waals surface area contributed by atoms with E-state index < -0.39 is 0 Å². The normalized spacial score (nSPS) is 28.9. The summed E-state index contributed by atoms with van der Waals surface area (Å²) in [6, 6.07) is 0. The number of ketones is 1. The smallest absolute Gasteiger partial charge is 0.136 e. The van der Waals surface area contributed by atoms with Crippen LogP contribution in [0.25, 0.3) is 0 Å². The van der Waals surface area contributed by atoms with E-state index in [1.54, 1.807) is 0 Å². The predicted octanol–water partition coefficient (Wildman–Crippen LogP) is 3.59. The maximum absolute atomic E-state index is 11.6. The van der Waals surface area contributed by atoms with Crippen LogP contribution in [0.3, 0.4) is 0 Å². The highest BCUT2D eigenvalue weighted by atomic mass is 16.1. The molecule has 14 heavy (non-hydrogen) atoms. The monoisotopic (exact) mass is 194 g/mol. The van der Waals surface area contributed by atoms with Crippen molar-refractivity contribution in [2.45, 2.75) is 46.5 Å². The van der Waals surface area contributed by atoms with Gasteiger partial charge in [-0.25, -0.2) is 0 Å². The molecule has 1 rings (SSSR count). The molecular formula is C13H22O. The van der Waals surface area contributed by atoms with Crippen LogP contribution in [0.5, 0.6) is 0 Å². The molecule has 0 aromatic carbocycles. The van der Waals surface area contributed by atoms with Crippen molar-refractivity contribution < 1.29 is 4.79 Å². The Morgan fingerprint density at radius 1 is 1.50 bits per heavy atom. The lowest BCUT2D eigenvalue weighted by atomic mass is 9.68. The van der Waals surface area contributed by atoms with Gasteiger partial charge in [0, 0.05) is 12.3 Å². The second-order valence-corrected chi connectivity index (χ2v) is 5.52. The van der Waals surface area contributed by atoms with Crippen molar-refractivity contribution in [1.29, 1.82) is 0 Å². The van der Waals surface area contributed by atoms with E-state index in [0.717, 1.165) is 25.7 Å².